The lowest BCUT2D eigenvalue weighted by atomic mass is 10.0. The molecule has 0 bridgehead atoms. The van der Waals surface area contributed by atoms with Crippen LogP contribution in [0.1, 0.15) is 10.4 Å². The summed E-state index contributed by atoms with van der Waals surface area (Å²) in [4.78, 5) is 11.5. The molecule has 0 saturated heterocycles. The third kappa shape index (κ3) is 4.40. The van der Waals surface area contributed by atoms with Gasteiger partial charge in [0.15, 0.2) is 0 Å². The summed E-state index contributed by atoms with van der Waals surface area (Å²) in [7, 11) is 1.59. The molecule has 2 aromatic carbocycles. The first kappa shape index (κ1) is 18.6. The molecular weight excluding hydrogens is 431 g/mol. The van der Waals surface area contributed by atoms with Crippen LogP contribution in [-0.2, 0) is 15.6 Å². The maximum atomic E-state index is 11.5. The van der Waals surface area contributed by atoms with Crippen LogP contribution in [0.25, 0.3) is 10.8 Å². The van der Waals surface area contributed by atoms with Crippen molar-refractivity contribution >= 4 is 36.5 Å². The van der Waals surface area contributed by atoms with Crippen molar-refractivity contribution < 1.29 is 30.2 Å². The number of carboxylic acid groups (broad SMARTS) is 1. The third-order valence-corrected chi connectivity index (χ3v) is 5.12. The molecular formula is C16H17IO7. The normalized spacial score (nSPS) is 11.1. The summed E-state index contributed by atoms with van der Waals surface area (Å²) in [5, 5.41) is 10.3. The molecule has 24 heavy (non-hydrogen) atoms. The number of methoxy groups -OCH3 is 1. The first-order chi connectivity index (χ1) is 11.6. The van der Waals surface area contributed by atoms with E-state index >= 15 is 0 Å². The van der Waals surface area contributed by atoms with Gasteiger partial charge in [-0.25, -0.2) is 10.9 Å². The Labute approximate surface area is 145 Å². The Bertz CT molecular complexity index is 790. The van der Waals surface area contributed by atoms with Crippen LogP contribution >= 0.6 is 19.8 Å². The van der Waals surface area contributed by atoms with E-state index in [1.165, 1.54) is 6.07 Å². The zero-order chi connectivity index (χ0) is 17.5. The summed E-state index contributed by atoms with van der Waals surface area (Å²) in [5.74, 6) is -0.793. The highest BCUT2D eigenvalue weighted by Gasteiger charge is 2.19. The molecule has 0 saturated carbocycles. The van der Waals surface area contributed by atoms with E-state index in [-0.39, 0.29) is 15.7 Å². The predicted octanol–water partition coefficient (Wildman–Crippen LogP) is 2.95. The van der Waals surface area contributed by atoms with Gasteiger partial charge in [0.25, 0.3) is 0 Å². The van der Waals surface area contributed by atoms with Crippen LogP contribution in [0.3, 0.4) is 0 Å². The number of benzene rings is 2. The second-order valence-electron chi connectivity index (χ2n) is 4.75. The van der Waals surface area contributed by atoms with E-state index in [9.17, 15) is 16.0 Å². The SMILES string of the molecule is COCCOCCOc1cccc2c(C(=O)O)c(I(=O)=O)ccc12. The molecule has 0 radical (unpaired) electrons. The maximum absolute atomic E-state index is 11.5. The van der Waals surface area contributed by atoms with E-state index in [2.05, 4.69) is 0 Å². The number of hydrogen-bond acceptors (Lipinski definition) is 6. The number of rotatable bonds is 9. The summed E-state index contributed by atoms with van der Waals surface area (Å²) in [6.45, 7) is 1.60. The molecule has 2 rings (SSSR count). The smallest absolute Gasteiger partial charge is 0.341 e. The van der Waals surface area contributed by atoms with Crippen molar-refractivity contribution in [3.63, 3.8) is 0 Å². The quantitative estimate of drug-likeness (QED) is 0.465. The molecule has 1 N–H and O–H groups in total. The van der Waals surface area contributed by atoms with Crippen LogP contribution in [0.5, 0.6) is 5.75 Å². The predicted molar refractivity (Wildman–Crippen MR) is 93.2 cm³/mol. The Balaban J connectivity index is 2.27. The minimum Gasteiger partial charge on any atom is -0.491 e. The minimum atomic E-state index is -3.92. The van der Waals surface area contributed by atoms with Crippen LogP contribution in [-0.4, -0.2) is 44.6 Å². The van der Waals surface area contributed by atoms with Crippen LogP contribution in [0.2, 0.25) is 0 Å². The molecule has 0 aliphatic rings. The van der Waals surface area contributed by atoms with Gasteiger partial charge in [0.2, 0.25) is 0 Å². The number of carboxylic acids is 1. The standard InChI is InChI=1S/C16H17IO7/c1-22-7-8-23-9-10-24-14-4-2-3-12-11(14)5-6-13(17(20)21)15(12)16(18)19/h2-6H,7-10H2,1H3,(H,18,19). The van der Waals surface area contributed by atoms with Gasteiger partial charge in [-0.1, -0.05) is 12.1 Å². The van der Waals surface area contributed by atoms with Crippen molar-refractivity contribution in [3.05, 3.63) is 39.5 Å². The molecule has 0 aliphatic carbocycles. The zero-order valence-electron chi connectivity index (χ0n) is 13.0. The highest BCUT2D eigenvalue weighted by molar-refractivity contribution is 14.2. The van der Waals surface area contributed by atoms with Crippen LogP contribution in [0, 0.1) is 3.57 Å². The monoisotopic (exact) mass is 448 g/mol. The number of ether oxygens (including phenoxy) is 3. The summed E-state index contributed by atoms with van der Waals surface area (Å²) >= 11 is -3.92. The Hall–Kier alpha value is -1.78. The highest BCUT2D eigenvalue weighted by atomic mass is 127. The summed E-state index contributed by atoms with van der Waals surface area (Å²) in [5.41, 5.74) is -0.204. The van der Waals surface area contributed by atoms with Crippen LogP contribution in [0.4, 0.5) is 0 Å². The molecule has 0 atom stereocenters. The van der Waals surface area contributed by atoms with Gasteiger partial charge in [-0.05, 0) is 18.2 Å². The summed E-state index contributed by atoms with van der Waals surface area (Å²) in [6, 6.07) is 7.79. The van der Waals surface area contributed by atoms with Gasteiger partial charge >= 0.3 is 25.8 Å². The van der Waals surface area contributed by atoms with Gasteiger partial charge in [-0.2, -0.15) is 0 Å². The van der Waals surface area contributed by atoms with E-state index in [1.807, 2.05) is 0 Å². The van der Waals surface area contributed by atoms with E-state index in [1.54, 1.807) is 31.4 Å². The minimum absolute atomic E-state index is 0.126. The molecule has 0 fully saturated rings. The molecule has 7 nitrogen and oxygen atoms in total. The molecule has 130 valence electrons. The number of aromatic carboxylic acids is 1. The molecule has 2 aromatic rings. The van der Waals surface area contributed by atoms with Crippen molar-refractivity contribution in [2.45, 2.75) is 0 Å². The average Bonchev–Trinajstić information content (AvgIpc) is 2.56. The molecule has 8 heteroatoms. The fourth-order valence-electron chi connectivity index (χ4n) is 2.23. The Morgan fingerprint density at radius 1 is 1.04 bits per heavy atom. The molecule has 0 aromatic heterocycles. The van der Waals surface area contributed by atoms with E-state index in [4.69, 9.17) is 14.2 Å². The maximum Gasteiger partial charge on any atom is 0.341 e. The van der Waals surface area contributed by atoms with Crippen molar-refractivity contribution in [2.75, 3.05) is 33.5 Å². The summed E-state index contributed by atoms with van der Waals surface area (Å²) < 4.78 is 38.4. The fourth-order valence-corrected chi connectivity index (χ4v) is 3.66. The van der Waals surface area contributed by atoms with Crippen LogP contribution in [0.15, 0.2) is 30.3 Å². The number of halogens is 1. The van der Waals surface area contributed by atoms with Crippen LogP contribution < -0.4 is 4.74 Å². The average molecular weight is 448 g/mol. The lowest BCUT2D eigenvalue weighted by Gasteiger charge is -2.11. The van der Waals surface area contributed by atoms with Crippen molar-refractivity contribution in [1.82, 2.24) is 0 Å². The fraction of sp³-hybridized carbons (Fsp3) is 0.312. The number of carbonyl (C=O) groups is 1. The summed E-state index contributed by atoms with van der Waals surface area (Å²) in [6.07, 6.45) is 0. The van der Waals surface area contributed by atoms with Gasteiger partial charge in [0.1, 0.15) is 12.4 Å². The van der Waals surface area contributed by atoms with Gasteiger partial charge in [-0.15, -0.1) is 0 Å². The third-order valence-electron chi connectivity index (χ3n) is 3.27. The molecule has 0 unspecified atom stereocenters. The number of fused-ring (bicyclic) bond motifs is 1. The van der Waals surface area contributed by atoms with Crippen molar-refractivity contribution in [3.8, 4) is 5.75 Å². The molecule has 0 amide bonds. The largest absolute Gasteiger partial charge is 0.491 e. The zero-order valence-corrected chi connectivity index (χ0v) is 15.1. The van der Waals surface area contributed by atoms with Crippen molar-refractivity contribution in [2.24, 2.45) is 0 Å². The Morgan fingerprint density at radius 3 is 2.46 bits per heavy atom. The first-order valence-corrected chi connectivity index (χ1v) is 9.94. The molecule has 0 heterocycles. The second-order valence-corrected chi connectivity index (χ2v) is 7.15. The van der Waals surface area contributed by atoms with Gasteiger partial charge in [0, 0.05) is 17.9 Å². The van der Waals surface area contributed by atoms with Gasteiger partial charge in [-0.3, -0.25) is 0 Å². The number of hydrogen-bond donors (Lipinski definition) is 1. The van der Waals surface area contributed by atoms with Crippen molar-refractivity contribution in [1.29, 1.82) is 0 Å². The lowest BCUT2D eigenvalue weighted by molar-refractivity contribution is 0.0547. The van der Waals surface area contributed by atoms with Gasteiger partial charge < -0.3 is 19.3 Å². The van der Waals surface area contributed by atoms with E-state index in [0.717, 1.165) is 0 Å². The van der Waals surface area contributed by atoms with Gasteiger partial charge in [0.05, 0.1) is 29.0 Å². The Morgan fingerprint density at radius 2 is 1.79 bits per heavy atom. The van der Waals surface area contributed by atoms with E-state index in [0.29, 0.717) is 36.3 Å². The molecule has 0 spiro atoms. The Kier molecular flexibility index (Phi) is 6.88. The highest BCUT2D eigenvalue weighted by Crippen LogP contribution is 2.33. The lowest BCUT2D eigenvalue weighted by Crippen LogP contribution is -2.10. The van der Waals surface area contributed by atoms with E-state index < -0.39 is 25.8 Å². The first-order valence-electron chi connectivity index (χ1n) is 7.10. The second kappa shape index (κ2) is 8.90. The molecule has 0 aliphatic heterocycles. The topological polar surface area (TPSA) is 99.1 Å².